The van der Waals surface area contributed by atoms with Gasteiger partial charge in [0.25, 0.3) is 5.91 Å². The fraction of sp³-hybridized carbons (Fsp3) is 0.250. The number of anilines is 1. The predicted octanol–water partition coefficient (Wildman–Crippen LogP) is 4.71. The van der Waals surface area contributed by atoms with Crippen LogP contribution in [0.25, 0.3) is 0 Å². The monoisotopic (exact) mass is 465 g/mol. The summed E-state index contributed by atoms with van der Waals surface area (Å²) in [7, 11) is -3.90. The molecule has 3 heterocycles. The topological polar surface area (TPSA) is 97.8 Å². The van der Waals surface area contributed by atoms with E-state index in [0.29, 0.717) is 30.3 Å². The van der Waals surface area contributed by atoms with Crippen LogP contribution in [0.15, 0.2) is 59.8 Å². The lowest BCUT2D eigenvalue weighted by Gasteiger charge is -2.27. The van der Waals surface area contributed by atoms with Gasteiger partial charge in [-0.05, 0) is 55.7 Å². The Morgan fingerprint density at radius 2 is 1.88 bits per heavy atom. The molecule has 1 N–H and O–H groups in total. The zero-order chi connectivity index (χ0) is 23.0. The highest BCUT2D eigenvalue weighted by molar-refractivity contribution is 7.89. The molecule has 1 fully saturated rings. The second-order valence-electron chi connectivity index (χ2n) is 8.11. The first kappa shape index (κ1) is 21.4. The van der Waals surface area contributed by atoms with Crippen LogP contribution in [-0.2, 0) is 10.0 Å². The van der Waals surface area contributed by atoms with E-state index < -0.39 is 15.9 Å². The van der Waals surface area contributed by atoms with Crippen LogP contribution in [0.2, 0.25) is 0 Å². The number of amides is 1. The average molecular weight is 466 g/mol. The standard InChI is InChI=1S/C24H23N3O5S/c1-16-7-8-20-19(12-16)26-24(28)18-13-23(33(29,30)27-10-3-2-4-11-27)22(14-21(18)32-20)31-17-6-5-9-25-15-17/h5-9,12-15H,2-4,10-11H2,1H3,(H,26,28). The minimum atomic E-state index is -3.90. The zero-order valence-corrected chi connectivity index (χ0v) is 18.9. The Bertz CT molecular complexity index is 1320. The summed E-state index contributed by atoms with van der Waals surface area (Å²) < 4.78 is 40.6. The molecule has 3 aromatic rings. The van der Waals surface area contributed by atoms with Crippen LogP contribution >= 0.6 is 0 Å². The Morgan fingerprint density at radius 3 is 2.64 bits per heavy atom. The van der Waals surface area contributed by atoms with E-state index in [0.717, 1.165) is 24.8 Å². The Labute approximate surface area is 192 Å². The molecule has 2 aliphatic heterocycles. The van der Waals surface area contributed by atoms with Gasteiger partial charge in [0.05, 0.1) is 17.4 Å². The molecule has 9 heteroatoms. The lowest BCUT2D eigenvalue weighted by Crippen LogP contribution is -2.35. The van der Waals surface area contributed by atoms with Crippen LogP contribution in [0.4, 0.5) is 5.69 Å². The fourth-order valence-electron chi connectivity index (χ4n) is 4.00. The number of hydrogen-bond acceptors (Lipinski definition) is 6. The molecule has 0 atom stereocenters. The van der Waals surface area contributed by atoms with Crippen LogP contribution in [-0.4, -0.2) is 36.7 Å². The van der Waals surface area contributed by atoms with E-state index in [9.17, 15) is 13.2 Å². The van der Waals surface area contributed by atoms with Crippen molar-refractivity contribution in [3.63, 3.8) is 0 Å². The minimum Gasteiger partial charge on any atom is -0.454 e. The maximum absolute atomic E-state index is 13.6. The highest BCUT2D eigenvalue weighted by atomic mass is 32.2. The molecule has 2 aromatic carbocycles. The molecule has 2 aliphatic rings. The second-order valence-corrected chi connectivity index (χ2v) is 10.0. The Morgan fingerprint density at radius 1 is 1.06 bits per heavy atom. The summed E-state index contributed by atoms with van der Waals surface area (Å²) in [6.07, 6.45) is 5.67. The van der Waals surface area contributed by atoms with Gasteiger partial charge in [-0.1, -0.05) is 12.5 Å². The number of aryl methyl sites for hydroxylation is 1. The lowest BCUT2D eigenvalue weighted by atomic mass is 10.1. The van der Waals surface area contributed by atoms with Crippen molar-refractivity contribution in [3.05, 3.63) is 66.0 Å². The van der Waals surface area contributed by atoms with Crippen molar-refractivity contribution in [1.82, 2.24) is 9.29 Å². The Kier molecular flexibility index (Phi) is 5.51. The Hall–Kier alpha value is -3.43. The van der Waals surface area contributed by atoms with Gasteiger partial charge in [0.2, 0.25) is 10.0 Å². The van der Waals surface area contributed by atoms with E-state index in [-0.39, 0.29) is 22.0 Å². The number of fused-ring (bicyclic) bond motifs is 2. The van der Waals surface area contributed by atoms with Gasteiger partial charge in [0.15, 0.2) is 11.5 Å². The van der Waals surface area contributed by atoms with E-state index >= 15 is 0 Å². The number of aromatic nitrogens is 1. The van der Waals surface area contributed by atoms with Crippen molar-refractivity contribution >= 4 is 21.6 Å². The summed E-state index contributed by atoms with van der Waals surface area (Å²) in [5.74, 6) is 0.688. The molecule has 0 bridgehead atoms. The first-order chi connectivity index (χ1) is 15.9. The molecule has 0 radical (unpaired) electrons. The van der Waals surface area contributed by atoms with Crippen molar-refractivity contribution in [2.75, 3.05) is 18.4 Å². The van der Waals surface area contributed by atoms with Gasteiger partial charge < -0.3 is 14.8 Å². The van der Waals surface area contributed by atoms with E-state index in [1.807, 2.05) is 13.0 Å². The largest absolute Gasteiger partial charge is 0.454 e. The number of benzene rings is 2. The van der Waals surface area contributed by atoms with Crippen LogP contribution < -0.4 is 14.8 Å². The fourth-order valence-corrected chi connectivity index (χ4v) is 5.64. The predicted molar refractivity (Wildman–Crippen MR) is 123 cm³/mol. The van der Waals surface area contributed by atoms with Crippen LogP contribution in [0.5, 0.6) is 23.0 Å². The summed E-state index contributed by atoms with van der Waals surface area (Å²) >= 11 is 0. The summed E-state index contributed by atoms with van der Waals surface area (Å²) in [5, 5.41) is 2.82. The number of nitrogens with one attached hydrogen (secondary N) is 1. The molecule has 0 saturated carbocycles. The molecule has 0 unspecified atom stereocenters. The molecule has 1 saturated heterocycles. The zero-order valence-electron chi connectivity index (χ0n) is 18.1. The van der Waals surface area contributed by atoms with E-state index in [1.165, 1.54) is 22.6 Å². The highest BCUT2D eigenvalue weighted by Gasteiger charge is 2.33. The molecule has 5 rings (SSSR count). The van der Waals surface area contributed by atoms with E-state index in [2.05, 4.69) is 10.3 Å². The maximum Gasteiger partial charge on any atom is 0.259 e. The summed E-state index contributed by atoms with van der Waals surface area (Å²) in [5.41, 5.74) is 1.60. The van der Waals surface area contributed by atoms with Gasteiger partial charge in [-0.15, -0.1) is 0 Å². The summed E-state index contributed by atoms with van der Waals surface area (Å²) in [6.45, 7) is 2.77. The smallest absolute Gasteiger partial charge is 0.259 e. The van der Waals surface area contributed by atoms with Gasteiger partial charge in [-0.2, -0.15) is 4.31 Å². The molecule has 1 amide bonds. The number of piperidine rings is 1. The molecule has 33 heavy (non-hydrogen) atoms. The summed E-state index contributed by atoms with van der Waals surface area (Å²) in [4.78, 5) is 17.0. The van der Waals surface area contributed by atoms with Crippen molar-refractivity contribution in [1.29, 1.82) is 0 Å². The second kappa shape index (κ2) is 8.49. The first-order valence-corrected chi connectivity index (χ1v) is 12.2. The lowest BCUT2D eigenvalue weighted by molar-refractivity contribution is 0.102. The number of carbonyl (C=O) groups is 1. The maximum atomic E-state index is 13.6. The molecule has 170 valence electrons. The molecular formula is C24H23N3O5S. The highest BCUT2D eigenvalue weighted by Crippen LogP contribution is 2.42. The number of rotatable bonds is 4. The van der Waals surface area contributed by atoms with Gasteiger partial charge in [0, 0.05) is 25.4 Å². The van der Waals surface area contributed by atoms with Crippen molar-refractivity contribution in [3.8, 4) is 23.0 Å². The number of pyridine rings is 1. The normalized spacial score (nSPS) is 16.1. The van der Waals surface area contributed by atoms with Gasteiger partial charge in [-0.3, -0.25) is 9.78 Å². The SMILES string of the molecule is Cc1ccc2c(c1)NC(=O)c1cc(S(=O)(=O)N3CCCCC3)c(Oc3cccnc3)cc1O2. The summed E-state index contributed by atoms with van der Waals surface area (Å²) in [6, 6.07) is 11.6. The Balaban J connectivity index is 1.65. The molecule has 8 nitrogen and oxygen atoms in total. The van der Waals surface area contributed by atoms with Gasteiger partial charge in [-0.25, -0.2) is 8.42 Å². The molecular weight excluding hydrogens is 442 g/mol. The number of ether oxygens (including phenoxy) is 2. The van der Waals surface area contributed by atoms with Crippen LogP contribution in [0, 0.1) is 6.92 Å². The van der Waals surface area contributed by atoms with Crippen molar-refractivity contribution < 1.29 is 22.7 Å². The van der Waals surface area contributed by atoms with Crippen molar-refractivity contribution in [2.45, 2.75) is 31.1 Å². The van der Waals surface area contributed by atoms with Crippen LogP contribution in [0.3, 0.4) is 0 Å². The molecule has 0 aliphatic carbocycles. The van der Waals surface area contributed by atoms with Gasteiger partial charge in [0.1, 0.15) is 16.4 Å². The van der Waals surface area contributed by atoms with Crippen molar-refractivity contribution in [2.24, 2.45) is 0 Å². The molecule has 1 aromatic heterocycles. The third-order valence-corrected chi connectivity index (χ3v) is 7.61. The van der Waals surface area contributed by atoms with E-state index in [4.69, 9.17) is 9.47 Å². The van der Waals surface area contributed by atoms with Gasteiger partial charge >= 0.3 is 0 Å². The van der Waals surface area contributed by atoms with E-state index in [1.54, 1.807) is 30.5 Å². The van der Waals surface area contributed by atoms with Crippen LogP contribution in [0.1, 0.15) is 35.2 Å². The molecule has 0 spiro atoms. The minimum absolute atomic E-state index is 0.0760. The first-order valence-electron chi connectivity index (χ1n) is 10.8. The average Bonchev–Trinajstić information content (AvgIpc) is 2.95. The third-order valence-electron chi connectivity index (χ3n) is 5.69. The quantitative estimate of drug-likeness (QED) is 0.599. The third kappa shape index (κ3) is 4.17. The number of hydrogen-bond donors (Lipinski definition) is 1. The number of sulfonamides is 1. The number of carbonyl (C=O) groups excluding carboxylic acids is 1. The number of nitrogens with zero attached hydrogens (tertiary/aromatic N) is 2.